The van der Waals surface area contributed by atoms with Gasteiger partial charge in [0.2, 0.25) is 11.7 Å². The van der Waals surface area contributed by atoms with Crippen LogP contribution in [0.3, 0.4) is 0 Å². The number of anilines is 3. The number of amides is 2. The van der Waals surface area contributed by atoms with E-state index in [1.54, 1.807) is 21.7 Å². The highest BCUT2D eigenvalue weighted by Crippen LogP contribution is 2.33. The maximum atomic E-state index is 14.1. The number of alkyl halides is 2. The SMILES string of the molecule is CCc1cc(Nc2cc(NC(C)=O)ncc2-c2cc3n(n2)CCN(C(=O)OC(C)(C)C)C3)nc(C(C)(F)F)n1. The summed E-state index contributed by atoms with van der Waals surface area (Å²) in [5.41, 5.74) is 2.17. The zero-order chi connectivity index (χ0) is 28.5. The van der Waals surface area contributed by atoms with Crippen LogP contribution in [0, 0.1) is 0 Å². The summed E-state index contributed by atoms with van der Waals surface area (Å²) in [5, 5.41) is 10.4. The molecule has 208 valence electrons. The molecule has 0 spiro atoms. The van der Waals surface area contributed by atoms with Crippen molar-refractivity contribution < 1.29 is 23.1 Å². The maximum Gasteiger partial charge on any atom is 0.410 e. The molecule has 4 heterocycles. The van der Waals surface area contributed by atoms with E-state index in [4.69, 9.17) is 9.84 Å². The summed E-state index contributed by atoms with van der Waals surface area (Å²) in [7, 11) is 0. The Hall–Kier alpha value is -4.16. The molecule has 0 aromatic carbocycles. The normalized spacial score (nSPS) is 13.6. The molecule has 0 saturated heterocycles. The summed E-state index contributed by atoms with van der Waals surface area (Å²) < 4.78 is 35.5. The molecule has 4 rings (SSSR count). The van der Waals surface area contributed by atoms with E-state index in [9.17, 15) is 18.4 Å². The maximum absolute atomic E-state index is 14.1. The quantitative estimate of drug-likeness (QED) is 0.452. The number of aryl methyl sites for hydroxylation is 1. The summed E-state index contributed by atoms with van der Waals surface area (Å²) >= 11 is 0. The lowest BCUT2D eigenvalue weighted by atomic mass is 10.1. The van der Waals surface area contributed by atoms with Gasteiger partial charge in [-0.05, 0) is 33.3 Å². The molecular formula is C26H32F2N8O3. The molecule has 3 aromatic heterocycles. The molecule has 0 saturated carbocycles. The van der Waals surface area contributed by atoms with Crippen molar-refractivity contribution in [2.45, 2.75) is 72.6 Å². The van der Waals surface area contributed by atoms with Gasteiger partial charge in [-0.3, -0.25) is 9.48 Å². The molecule has 0 bridgehead atoms. The van der Waals surface area contributed by atoms with E-state index in [1.165, 1.54) is 13.1 Å². The fourth-order valence-electron chi connectivity index (χ4n) is 3.97. The van der Waals surface area contributed by atoms with E-state index >= 15 is 0 Å². The van der Waals surface area contributed by atoms with E-state index in [2.05, 4.69) is 25.6 Å². The summed E-state index contributed by atoms with van der Waals surface area (Å²) in [5.74, 6) is -3.71. The Balaban J connectivity index is 1.70. The molecule has 39 heavy (non-hydrogen) atoms. The van der Waals surface area contributed by atoms with E-state index in [0.717, 1.165) is 12.6 Å². The zero-order valence-corrected chi connectivity index (χ0v) is 22.8. The van der Waals surface area contributed by atoms with Crippen molar-refractivity contribution >= 4 is 29.3 Å². The Kier molecular flexibility index (Phi) is 7.53. The molecule has 0 aliphatic carbocycles. The fourth-order valence-corrected chi connectivity index (χ4v) is 3.97. The number of rotatable bonds is 6. The van der Waals surface area contributed by atoms with Gasteiger partial charge in [0.15, 0.2) is 0 Å². The number of aromatic nitrogens is 5. The van der Waals surface area contributed by atoms with Crippen molar-refractivity contribution in [3.63, 3.8) is 0 Å². The number of hydrogen-bond donors (Lipinski definition) is 2. The van der Waals surface area contributed by atoms with E-state index < -0.39 is 23.4 Å². The van der Waals surface area contributed by atoms with Crippen LogP contribution in [0.1, 0.15) is 58.8 Å². The third-order valence-electron chi connectivity index (χ3n) is 5.73. The van der Waals surface area contributed by atoms with Crippen LogP contribution in [0.4, 0.5) is 30.9 Å². The lowest BCUT2D eigenvalue weighted by molar-refractivity contribution is -0.114. The lowest BCUT2D eigenvalue weighted by Gasteiger charge is -2.30. The van der Waals surface area contributed by atoms with Crippen LogP contribution in [0.15, 0.2) is 24.4 Å². The highest BCUT2D eigenvalue weighted by atomic mass is 19.3. The monoisotopic (exact) mass is 542 g/mol. The average Bonchev–Trinajstić information content (AvgIpc) is 3.25. The molecule has 1 aliphatic heterocycles. The molecule has 0 fully saturated rings. The summed E-state index contributed by atoms with van der Waals surface area (Å²) in [6, 6.07) is 5.01. The Morgan fingerprint density at radius 1 is 1.08 bits per heavy atom. The zero-order valence-electron chi connectivity index (χ0n) is 22.8. The standard InChI is InChI=1S/C26H32F2N8O3/c1-7-16-10-22(33-23(31-16)26(6,27)28)32-19-12-21(30-15(2)37)29-13-18(19)20-11-17-14-35(8-9-36(17)34-20)24(38)39-25(3,4)5/h10-13H,7-9,14H2,1-6H3,(H2,29,30,31,32,33,37). The number of carbonyl (C=O) groups excluding carboxylic acids is 2. The lowest BCUT2D eigenvalue weighted by Crippen LogP contribution is -2.41. The molecule has 1 aliphatic rings. The summed E-state index contributed by atoms with van der Waals surface area (Å²) in [4.78, 5) is 38.2. The minimum absolute atomic E-state index is 0.166. The van der Waals surface area contributed by atoms with Crippen LogP contribution in [0.5, 0.6) is 0 Å². The number of carbonyl (C=O) groups is 2. The molecule has 2 amide bonds. The predicted molar refractivity (Wildman–Crippen MR) is 141 cm³/mol. The second kappa shape index (κ2) is 10.5. The topological polar surface area (TPSA) is 127 Å². The first-order valence-electron chi connectivity index (χ1n) is 12.6. The van der Waals surface area contributed by atoms with E-state index in [-0.39, 0.29) is 17.5 Å². The highest BCUT2D eigenvalue weighted by Gasteiger charge is 2.30. The second-order valence-electron chi connectivity index (χ2n) is 10.4. The summed E-state index contributed by atoms with van der Waals surface area (Å²) in [6.45, 7) is 10.6. The van der Waals surface area contributed by atoms with Gasteiger partial charge in [-0.2, -0.15) is 13.9 Å². The number of halogens is 2. The number of nitrogens with zero attached hydrogens (tertiary/aromatic N) is 6. The van der Waals surface area contributed by atoms with Crippen LogP contribution in [0.2, 0.25) is 0 Å². The number of hydrogen-bond acceptors (Lipinski definition) is 8. The van der Waals surface area contributed by atoms with Gasteiger partial charge in [-0.25, -0.2) is 19.7 Å². The minimum Gasteiger partial charge on any atom is -0.444 e. The van der Waals surface area contributed by atoms with Gasteiger partial charge in [0.1, 0.15) is 17.2 Å². The highest BCUT2D eigenvalue weighted by molar-refractivity contribution is 5.89. The molecule has 13 heteroatoms. The Morgan fingerprint density at radius 3 is 2.46 bits per heavy atom. The Bertz CT molecular complexity index is 1390. The molecule has 2 N–H and O–H groups in total. The van der Waals surface area contributed by atoms with E-state index in [1.807, 2.05) is 33.8 Å². The molecule has 3 aromatic rings. The number of pyridine rings is 1. The molecule has 0 unspecified atom stereocenters. The smallest absolute Gasteiger partial charge is 0.410 e. The third-order valence-corrected chi connectivity index (χ3v) is 5.73. The fraction of sp³-hybridized carbons (Fsp3) is 0.462. The van der Waals surface area contributed by atoms with Crippen LogP contribution in [-0.4, -0.2) is 53.8 Å². The van der Waals surface area contributed by atoms with Crippen LogP contribution in [-0.2, 0) is 35.0 Å². The van der Waals surface area contributed by atoms with Crippen LogP contribution in [0.25, 0.3) is 11.3 Å². The largest absolute Gasteiger partial charge is 0.444 e. The van der Waals surface area contributed by atoms with E-state index in [0.29, 0.717) is 48.7 Å². The van der Waals surface area contributed by atoms with Crippen molar-refractivity contribution in [2.75, 3.05) is 17.2 Å². The predicted octanol–water partition coefficient (Wildman–Crippen LogP) is 4.86. The molecule has 0 atom stereocenters. The Labute approximate surface area is 225 Å². The summed E-state index contributed by atoms with van der Waals surface area (Å²) in [6.07, 6.45) is 1.56. The van der Waals surface area contributed by atoms with Gasteiger partial charge < -0.3 is 20.3 Å². The van der Waals surface area contributed by atoms with Gasteiger partial charge in [-0.1, -0.05) is 6.92 Å². The van der Waals surface area contributed by atoms with Crippen molar-refractivity contribution in [3.05, 3.63) is 41.6 Å². The molecule has 11 nitrogen and oxygen atoms in total. The number of nitrogens with one attached hydrogen (secondary N) is 2. The molecular weight excluding hydrogens is 510 g/mol. The number of fused-ring (bicyclic) bond motifs is 1. The van der Waals surface area contributed by atoms with Gasteiger partial charge in [-0.15, -0.1) is 0 Å². The van der Waals surface area contributed by atoms with Crippen molar-refractivity contribution in [3.8, 4) is 11.3 Å². The first kappa shape index (κ1) is 27.9. The van der Waals surface area contributed by atoms with Gasteiger partial charge in [0.05, 0.1) is 30.2 Å². The first-order valence-corrected chi connectivity index (χ1v) is 12.6. The second-order valence-corrected chi connectivity index (χ2v) is 10.4. The van der Waals surface area contributed by atoms with Gasteiger partial charge in [0, 0.05) is 50.0 Å². The van der Waals surface area contributed by atoms with Gasteiger partial charge >= 0.3 is 12.0 Å². The first-order chi connectivity index (χ1) is 18.2. The van der Waals surface area contributed by atoms with Crippen molar-refractivity contribution in [1.82, 2.24) is 29.6 Å². The third kappa shape index (κ3) is 6.84. The average molecular weight is 543 g/mol. The van der Waals surface area contributed by atoms with Crippen LogP contribution < -0.4 is 10.6 Å². The molecule has 0 radical (unpaired) electrons. The van der Waals surface area contributed by atoms with Crippen molar-refractivity contribution in [1.29, 1.82) is 0 Å². The van der Waals surface area contributed by atoms with Crippen LogP contribution >= 0.6 is 0 Å². The Morgan fingerprint density at radius 2 is 1.82 bits per heavy atom. The number of ether oxygens (including phenoxy) is 1. The van der Waals surface area contributed by atoms with Crippen molar-refractivity contribution in [2.24, 2.45) is 0 Å². The van der Waals surface area contributed by atoms with Gasteiger partial charge in [0.25, 0.3) is 0 Å². The minimum atomic E-state index is -3.23.